The van der Waals surface area contributed by atoms with Crippen LogP contribution in [0.3, 0.4) is 0 Å². The predicted octanol–water partition coefficient (Wildman–Crippen LogP) is 1.83. The van der Waals surface area contributed by atoms with Crippen molar-refractivity contribution in [2.45, 2.75) is 25.4 Å². The van der Waals surface area contributed by atoms with E-state index in [4.69, 9.17) is 9.47 Å². The molecule has 1 atom stereocenters. The van der Waals surface area contributed by atoms with Gasteiger partial charge in [0, 0.05) is 37.7 Å². The van der Waals surface area contributed by atoms with Crippen molar-refractivity contribution in [3.05, 3.63) is 47.3 Å². The Balaban J connectivity index is 1.28. The van der Waals surface area contributed by atoms with Gasteiger partial charge < -0.3 is 19.3 Å². The molecule has 1 aromatic heterocycles. The molecule has 1 aromatic carbocycles. The lowest BCUT2D eigenvalue weighted by Gasteiger charge is -2.33. The van der Waals surface area contributed by atoms with E-state index in [0.717, 1.165) is 24.2 Å². The summed E-state index contributed by atoms with van der Waals surface area (Å²) in [7, 11) is 0. The maximum Gasteiger partial charge on any atom is 0.242 e. The summed E-state index contributed by atoms with van der Waals surface area (Å²) in [6.45, 7) is 2.25. The number of aromatic nitrogens is 2. The molecule has 2 amide bonds. The second-order valence-electron chi connectivity index (χ2n) is 7.61. The van der Waals surface area contributed by atoms with Crippen molar-refractivity contribution < 1.29 is 27.8 Å². The average molecular weight is 434 g/mol. The topological polar surface area (TPSA) is 87.8 Å². The van der Waals surface area contributed by atoms with Gasteiger partial charge in [-0.05, 0) is 24.6 Å². The SMILES string of the molecule is O=C1CCCN1CC(=O)N1CCO[C@@H](c2cc(CCOc3ccc(F)c(F)c3)[nH]n2)C1. The number of benzene rings is 1. The van der Waals surface area contributed by atoms with Crippen molar-refractivity contribution in [2.75, 3.05) is 39.4 Å². The molecule has 8 nitrogen and oxygen atoms in total. The number of carbonyl (C=O) groups is 2. The Labute approximate surface area is 178 Å². The first-order valence-corrected chi connectivity index (χ1v) is 10.3. The lowest BCUT2D eigenvalue weighted by atomic mass is 10.2. The Kier molecular flexibility index (Phi) is 6.45. The molecule has 0 bridgehead atoms. The summed E-state index contributed by atoms with van der Waals surface area (Å²) in [5.41, 5.74) is 1.48. The molecule has 0 aliphatic carbocycles. The zero-order valence-electron chi connectivity index (χ0n) is 17.0. The Morgan fingerprint density at radius 1 is 1.26 bits per heavy atom. The first kappa shape index (κ1) is 21.2. The molecule has 2 aliphatic heterocycles. The Bertz CT molecular complexity index is 951. The van der Waals surface area contributed by atoms with Crippen molar-refractivity contribution >= 4 is 11.8 Å². The minimum atomic E-state index is -0.955. The highest BCUT2D eigenvalue weighted by Crippen LogP contribution is 2.22. The summed E-state index contributed by atoms with van der Waals surface area (Å²) in [5, 5.41) is 7.20. The first-order valence-electron chi connectivity index (χ1n) is 10.3. The molecule has 10 heteroatoms. The fraction of sp³-hybridized carbons (Fsp3) is 0.476. The molecule has 0 saturated carbocycles. The van der Waals surface area contributed by atoms with Crippen LogP contribution in [-0.4, -0.2) is 71.2 Å². The average Bonchev–Trinajstić information content (AvgIpc) is 3.40. The van der Waals surface area contributed by atoms with E-state index in [1.807, 2.05) is 6.07 Å². The number of nitrogens with one attached hydrogen (secondary N) is 1. The smallest absolute Gasteiger partial charge is 0.242 e. The summed E-state index contributed by atoms with van der Waals surface area (Å²) in [6.07, 6.45) is 1.44. The Hall–Kier alpha value is -3.01. The summed E-state index contributed by atoms with van der Waals surface area (Å²) in [4.78, 5) is 27.7. The van der Waals surface area contributed by atoms with Crippen molar-refractivity contribution in [3.63, 3.8) is 0 Å². The van der Waals surface area contributed by atoms with Gasteiger partial charge in [-0.1, -0.05) is 0 Å². The summed E-state index contributed by atoms with van der Waals surface area (Å²) in [6, 6.07) is 5.24. The van der Waals surface area contributed by atoms with Crippen LogP contribution in [0.1, 0.15) is 30.3 Å². The normalized spacial score (nSPS) is 19.2. The number of likely N-dealkylation sites (tertiary alicyclic amines) is 1. The van der Waals surface area contributed by atoms with Crippen LogP contribution in [0.15, 0.2) is 24.3 Å². The Morgan fingerprint density at radius 2 is 2.13 bits per heavy atom. The third-order valence-electron chi connectivity index (χ3n) is 5.43. The molecule has 0 unspecified atom stereocenters. The van der Waals surface area contributed by atoms with Gasteiger partial charge in [0.15, 0.2) is 11.6 Å². The monoisotopic (exact) mass is 434 g/mol. The molecular weight excluding hydrogens is 410 g/mol. The summed E-state index contributed by atoms with van der Waals surface area (Å²) < 4.78 is 37.4. The number of aromatic amines is 1. The van der Waals surface area contributed by atoms with E-state index < -0.39 is 11.6 Å². The molecule has 2 aliphatic rings. The second kappa shape index (κ2) is 9.42. The van der Waals surface area contributed by atoms with Crippen molar-refractivity contribution in [3.8, 4) is 5.75 Å². The summed E-state index contributed by atoms with van der Waals surface area (Å²) >= 11 is 0. The van der Waals surface area contributed by atoms with Crippen LogP contribution in [0.4, 0.5) is 8.78 Å². The number of hydrogen-bond donors (Lipinski definition) is 1. The van der Waals surface area contributed by atoms with Gasteiger partial charge in [-0.2, -0.15) is 5.10 Å². The van der Waals surface area contributed by atoms with Gasteiger partial charge in [-0.3, -0.25) is 14.7 Å². The van der Waals surface area contributed by atoms with Gasteiger partial charge in [-0.15, -0.1) is 0 Å². The molecule has 2 fully saturated rings. The fourth-order valence-corrected chi connectivity index (χ4v) is 3.71. The van der Waals surface area contributed by atoms with Gasteiger partial charge in [0.25, 0.3) is 0 Å². The molecular formula is C21H24F2N4O4. The van der Waals surface area contributed by atoms with Crippen LogP contribution in [0.2, 0.25) is 0 Å². The van der Waals surface area contributed by atoms with E-state index in [9.17, 15) is 18.4 Å². The fourth-order valence-electron chi connectivity index (χ4n) is 3.71. The molecule has 1 N–H and O–H groups in total. The summed E-state index contributed by atoms with van der Waals surface area (Å²) in [5.74, 6) is -1.68. The van der Waals surface area contributed by atoms with Gasteiger partial charge in [-0.25, -0.2) is 8.78 Å². The Morgan fingerprint density at radius 3 is 2.90 bits per heavy atom. The van der Waals surface area contributed by atoms with Crippen molar-refractivity contribution in [1.29, 1.82) is 0 Å². The first-order chi connectivity index (χ1) is 15.0. The van der Waals surface area contributed by atoms with E-state index in [2.05, 4.69) is 10.2 Å². The molecule has 2 aromatic rings. The van der Waals surface area contributed by atoms with E-state index in [1.165, 1.54) is 6.07 Å². The van der Waals surface area contributed by atoms with Crippen LogP contribution in [0.25, 0.3) is 0 Å². The number of H-pyrrole nitrogens is 1. The number of carbonyl (C=O) groups excluding carboxylic acids is 2. The van der Waals surface area contributed by atoms with E-state index >= 15 is 0 Å². The highest BCUT2D eigenvalue weighted by Gasteiger charge is 2.30. The molecule has 2 saturated heterocycles. The number of hydrogen-bond acceptors (Lipinski definition) is 5. The van der Waals surface area contributed by atoms with E-state index in [1.54, 1.807) is 9.80 Å². The van der Waals surface area contributed by atoms with Crippen LogP contribution in [0, 0.1) is 11.6 Å². The van der Waals surface area contributed by atoms with Crippen molar-refractivity contribution in [2.24, 2.45) is 0 Å². The second-order valence-corrected chi connectivity index (χ2v) is 7.61. The number of rotatable bonds is 7. The molecule has 166 valence electrons. The van der Waals surface area contributed by atoms with E-state index in [-0.39, 0.29) is 36.8 Å². The molecule has 3 heterocycles. The maximum atomic E-state index is 13.2. The molecule has 0 radical (unpaired) electrons. The zero-order chi connectivity index (χ0) is 21.8. The standard InChI is InChI=1S/C21H24F2N4O4/c22-16-4-3-15(11-17(16)23)30-8-5-14-10-18(25-24-14)19-12-27(7-9-31-19)21(29)13-26-6-1-2-20(26)28/h3-4,10-11,19H,1-2,5-9,12-13H2,(H,24,25)/t19-/m1/s1. The number of nitrogens with zero attached hydrogens (tertiary/aromatic N) is 3. The molecule has 0 spiro atoms. The largest absolute Gasteiger partial charge is 0.493 e. The number of morpholine rings is 1. The van der Waals surface area contributed by atoms with Gasteiger partial charge in [0.2, 0.25) is 11.8 Å². The third kappa shape index (κ3) is 5.19. The van der Waals surface area contributed by atoms with Crippen LogP contribution < -0.4 is 4.74 Å². The minimum absolute atomic E-state index is 0.0284. The maximum absolute atomic E-state index is 13.2. The van der Waals surface area contributed by atoms with Gasteiger partial charge in [0.1, 0.15) is 11.9 Å². The van der Waals surface area contributed by atoms with Crippen LogP contribution >= 0.6 is 0 Å². The van der Waals surface area contributed by atoms with E-state index in [0.29, 0.717) is 44.8 Å². The highest BCUT2D eigenvalue weighted by molar-refractivity contribution is 5.86. The van der Waals surface area contributed by atoms with Crippen LogP contribution in [0.5, 0.6) is 5.75 Å². The highest BCUT2D eigenvalue weighted by atomic mass is 19.2. The quantitative estimate of drug-likeness (QED) is 0.719. The van der Waals surface area contributed by atoms with Gasteiger partial charge >= 0.3 is 0 Å². The number of ether oxygens (including phenoxy) is 2. The third-order valence-corrected chi connectivity index (χ3v) is 5.43. The van der Waals surface area contributed by atoms with Crippen molar-refractivity contribution in [1.82, 2.24) is 20.0 Å². The number of amides is 2. The molecule has 4 rings (SSSR count). The minimum Gasteiger partial charge on any atom is -0.493 e. The molecule has 31 heavy (non-hydrogen) atoms. The lowest BCUT2D eigenvalue weighted by molar-refractivity contribution is -0.143. The predicted molar refractivity (Wildman–Crippen MR) is 105 cm³/mol. The van der Waals surface area contributed by atoms with Gasteiger partial charge in [0.05, 0.1) is 32.0 Å². The zero-order valence-corrected chi connectivity index (χ0v) is 17.0. The lowest BCUT2D eigenvalue weighted by Crippen LogP contribution is -2.47. The van der Waals surface area contributed by atoms with Crippen LogP contribution in [-0.2, 0) is 20.7 Å². The number of halogens is 2.